The van der Waals surface area contributed by atoms with Gasteiger partial charge in [0.05, 0.1) is 70.5 Å². The lowest BCUT2D eigenvalue weighted by molar-refractivity contribution is 0.0985. The number of anilines is 2. The number of hydrogen-bond donors (Lipinski definition) is 0. The summed E-state index contributed by atoms with van der Waals surface area (Å²) in [6.07, 6.45) is 6.41. The van der Waals surface area contributed by atoms with Crippen LogP contribution in [0, 0.1) is 0 Å². The number of para-hydroxylation sites is 1. The highest BCUT2D eigenvalue weighted by atomic mass is 32.2. The Morgan fingerprint density at radius 2 is 1.41 bits per heavy atom. The molecule has 2 saturated heterocycles. The number of morpholine rings is 2. The third kappa shape index (κ3) is 7.61. The summed E-state index contributed by atoms with van der Waals surface area (Å²) in [4.78, 5) is 28.0. The van der Waals surface area contributed by atoms with Crippen molar-refractivity contribution >= 4 is 64.8 Å². The first kappa shape index (κ1) is 35.9. The molecular weight excluding hydrogens is 731 g/mol. The molecule has 2 fully saturated rings. The summed E-state index contributed by atoms with van der Waals surface area (Å²) >= 11 is 0. The van der Waals surface area contributed by atoms with Gasteiger partial charge in [-0.15, -0.1) is 5.10 Å². The van der Waals surface area contributed by atoms with Gasteiger partial charge in [0.1, 0.15) is 23.5 Å². The normalized spacial score (nSPS) is 19.3. The van der Waals surface area contributed by atoms with Crippen LogP contribution in [0.4, 0.5) is 23.3 Å². The molecule has 2 aliphatic rings. The third-order valence-corrected chi connectivity index (χ3v) is 11.2. The fourth-order valence-electron chi connectivity index (χ4n) is 6.63. The number of aromatic nitrogens is 9. The quantitative estimate of drug-likeness (QED) is 0.216. The maximum absolute atomic E-state index is 14.2. The predicted octanol–water partition coefficient (Wildman–Crippen LogP) is 4.08. The topological polar surface area (TPSA) is 184 Å². The van der Waals surface area contributed by atoms with E-state index in [1.807, 2.05) is 42.5 Å². The van der Waals surface area contributed by atoms with E-state index in [1.165, 1.54) is 0 Å². The van der Waals surface area contributed by atoms with Crippen molar-refractivity contribution in [3.05, 3.63) is 66.5 Å². The Balaban J connectivity index is 1.13. The molecule has 282 valence electrons. The van der Waals surface area contributed by atoms with Gasteiger partial charge in [0.15, 0.2) is 11.6 Å². The van der Waals surface area contributed by atoms with Gasteiger partial charge in [0.25, 0.3) is 5.95 Å². The van der Waals surface area contributed by atoms with Gasteiger partial charge in [0.2, 0.25) is 5.95 Å². The molecular formula is C35H41N13O4S2. The molecule has 17 nitrogen and oxygen atoms in total. The molecule has 6 heterocycles. The zero-order valence-electron chi connectivity index (χ0n) is 30.6. The monoisotopic (exact) mass is 771 g/mol. The largest absolute Gasteiger partial charge is 0.377 e. The molecule has 3 atom stereocenters. The van der Waals surface area contributed by atoms with Gasteiger partial charge in [-0.3, -0.25) is 4.57 Å². The SMILES string of the molecule is C[C@@H]1COCCN1c1cc(N=S(C)(C)=O)nc(-n2cnc3cc(CS(C)(=O)=Nc4cc(N5CCOC[C@H]5C)nc(-n5nnc6ccccc65)n4)ccc32)n1. The summed E-state index contributed by atoms with van der Waals surface area (Å²) < 4.78 is 50.7. The fraction of sp³-hybridized carbons (Fsp3) is 0.400. The van der Waals surface area contributed by atoms with Gasteiger partial charge in [-0.05, 0) is 43.7 Å². The summed E-state index contributed by atoms with van der Waals surface area (Å²) in [6.45, 7) is 7.69. The molecule has 0 aliphatic carbocycles. The molecule has 6 aromatic rings. The smallest absolute Gasteiger partial charge is 0.256 e. The van der Waals surface area contributed by atoms with Crippen molar-refractivity contribution in [3.63, 3.8) is 0 Å². The summed E-state index contributed by atoms with van der Waals surface area (Å²) in [6, 6.07) is 16.9. The van der Waals surface area contributed by atoms with Crippen molar-refractivity contribution in [3.8, 4) is 11.9 Å². The van der Waals surface area contributed by atoms with E-state index in [4.69, 9.17) is 28.8 Å². The van der Waals surface area contributed by atoms with E-state index in [9.17, 15) is 8.42 Å². The maximum Gasteiger partial charge on any atom is 0.256 e. The van der Waals surface area contributed by atoms with E-state index in [0.29, 0.717) is 74.0 Å². The van der Waals surface area contributed by atoms with Crippen LogP contribution in [0.5, 0.6) is 0 Å². The molecule has 19 heteroatoms. The number of rotatable bonds is 8. The number of ether oxygens (including phenoxy) is 2. The molecule has 4 aromatic heterocycles. The summed E-state index contributed by atoms with van der Waals surface area (Å²) in [5.41, 5.74) is 3.64. The van der Waals surface area contributed by atoms with Gasteiger partial charge < -0.3 is 19.3 Å². The number of nitrogens with zero attached hydrogens (tertiary/aromatic N) is 13. The minimum atomic E-state index is -2.86. The molecule has 0 bridgehead atoms. The number of hydrogen-bond acceptors (Lipinski definition) is 15. The molecule has 2 aromatic carbocycles. The summed E-state index contributed by atoms with van der Waals surface area (Å²) in [7, 11) is -5.34. The van der Waals surface area contributed by atoms with Crippen LogP contribution in [0.15, 0.2) is 69.7 Å². The van der Waals surface area contributed by atoms with Crippen molar-refractivity contribution in [2.24, 2.45) is 8.73 Å². The van der Waals surface area contributed by atoms with Gasteiger partial charge in [-0.2, -0.15) is 33.3 Å². The van der Waals surface area contributed by atoms with E-state index >= 15 is 0 Å². The Kier molecular flexibility index (Phi) is 9.49. The van der Waals surface area contributed by atoms with Gasteiger partial charge in [-0.1, -0.05) is 23.4 Å². The fourth-order valence-corrected chi connectivity index (χ4v) is 8.53. The zero-order valence-corrected chi connectivity index (χ0v) is 32.3. The van der Waals surface area contributed by atoms with E-state index in [1.54, 1.807) is 46.5 Å². The number of imidazole rings is 1. The third-order valence-electron chi connectivity index (χ3n) is 9.10. The van der Waals surface area contributed by atoms with Crippen LogP contribution in [0.3, 0.4) is 0 Å². The molecule has 0 N–H and O–H groups in total. The molecule has 0 amide bonds. The average Bonchev–Trinajstić information content (AvgIpc) is 3.75. The Bertz CT molecular complexity index is 2620. The van der Waals surface area contributed by atoms with Crippen LogP contribution in [-0.2, 0) is 34.7 Å². The molecule has 54 heavy (non-hydrogen) atoms. The van der Waals surface area contributed by atoms with Crippen LogP contribution < -0.4 is 9.80 Å². The molecule has 2 aliphatic heterocycles. The second kappa shape index (κ2) is 14.3. The lowest BCUT2D eigenvalue weighted by Crippen LogP contribution is -2.44. The van der Waals surface area contributed by atoms with Crippen LogP contribution in [0.1, 0.15) is 19.4 Å². The predicted molar refractivity (Wildman–Crippen MR) is 208 cm³/mol. The lowest BCUT2D eigenvalue weighted by atomic mass is 10.2. The van der Waals surface area contributed by atoms with E-state index in [2.05, 4.69) is 48.3 Å². The molecule has 8 rings (SSSR count). The van der Waals surface area contributed by atoms with E-state index in [0.717, 1.165) is 16.6 Å². The standard InChI is InChI=1S/C35H41N13O4S2/c1-23-19-51-14-12-45(23)32-17-30(42-53(3,4)49)37-34(39-32)47-22-36-27-16-25(10-11-28(27)47)21-54(5,50)43-31-18-33(46-13-15-52-20-24(46)2)40-35(38-31)48-29-9-7-6-8-26(29)41-44-48/h6-11,16-18,22-24H,12-15,19-21H2,1-5H3/t23-,24-,54?/m1/s1. The van der Waals surface area contributed by atoms with Crippen molar-refractivity contribution in [1.82, 2.24) is 44.5 Å². The summed E-state index contributed by atoms with van der Waals surface area (Å²) in [5.74, 6) is 2.69. The molecule has 0 radical (unpaired) electrons. The lowest BCUT2D eigenvalue weighted by Gasteiger charge is -2.34. The zero-order chi connectivity index (χ0) is 37.6. The van der Waals surface area contributed by atoms with E-state index in [-0.39, 0.29) is 29.6 Å². The van der Waals surface area contributed by atoms with Crippen LogP contribution >= 0.6 is 0 Å². The van der Waals surface area contributed by atoms with Crippen LogP contribution in [0.2, 0.25) is 0 Å². The van der Waals surface area contributed by atoms with Crippen molar-refractivity contribution in [1.29, 1.82) is 0 Å². The number of benzene rings is 2. The van der Waals surface area contributed by atoms with Crippen molar-refractivity contribution in [2.75, 3.05) is 68.1 Å². The first-order valence-corrected chi connectivity index (χ1v) is 21.9. The summed E-state index contributed by atoms with van der Waals surface area (Å²) in [5, 5.41) is 8.60. The maximum atomic E-state index is 14.2. The highest BCUT2D eigenvalue weighted by Crippen LogP contribution is 2.28. The van der Waals surface area contributed by atoms with Crippen LogP contribution in [0.25, 0.3) is 34.0 Å². The second-order valence-corrected chi connectivity index (χ2v) is 18.8. The van der Waals surface area contributed by atoms with Gasteiger partial charge in [0, 0.05) is 53.7 Å². The van der Waals surface area contributed by atoms with Crippen LogP contribution in [-0.4, -0.2) is 123 Å². The van der Waals surface area contributed by atoms with Crippen molar-refractivity contribution < 1.29 is 17.9 Å². The Labute approximate surface area is 313 Å². The Morgan fingerprint density at radius 1 is 0.759 bits per heavy atom. The van der Waals surface area contributed by atoms with Gasteiger partial charge >= 0.3 is 0 Å². The minimum Gasteiger partial charge on any atom is -0.377 e. The average molecular weight is 772 g/mol. The van der Waals surface area contributed by atoms with E-state index < -0.39 is 19.5 Å². The molecule has 1 unspecified atom stereocenters. The molecule has 0 saturated carbocycles. The minimum absolute atomic E-state index is 0.0655. The Hall–Kier alpha value is -5.11. The Morgan fingerprint density at radius 3 is 2.09 bits per heavy atom. The highest BCUT2D eigenvalue weighted by Gasteiger charge is 2.25. The second-order valence-electron chi connectivity index (χ2n) is 13.9. The first-order chi connectivity index (χ1) is 25.9. The highest BCUT2D eigenvalue weighted by molar-refractivity contribution is 7.92. The van der Waals surface area contributed by atoms with Gasteiger partial charge in [-0.25, -0.2) is 13.4 Å². The van der Waals surface area contributed by atoms with Crippen molar-refractivity contribution in [2.45, 2.75) is 31.7 Å². The number of fused-ring (bicyclic) bond motifs is 2. The first-order valence-electron chi connectivity index (χ1n) is 17.5. The molecule has 0 spiro atoms.